The molecule has 3 rings (SSSR count). The zero-order chi connectivity index (χ0) is 20.7. The number of esters is 1. The molecule has 0 saturated carbocycles. The minimum atomic E-state index is -0.157. The number of fused-ring (bicyclic) bond motifs is 1. The maximum Gasteiger partial charge on any atom is 0.305 e. The van der Waals surface area contributed by atoms with Gasteiger partial charge in [-0.05, 0) is 55.5 Å². The number of hydrogen-bond acceptors (Lipinski definition) is 4. The molecule has 0 N–H and O–H groups in total. The van der Waals surface area contributed by atoms with Gasteiger partial charge in [0.15, 0.2) is 0 Å². The molecule has 0 radical (unpaired) electrons. The third kappa shape index (κ3) is 5.17. The van der Waals surface area contributed by atoms with Gasteiger partial charge in [0, 0.05) is 22.3 Å². The number of methoxy groups -OCH3 is 1. The quantitative estimate of drug-likeness (QED) is 0.366. The van der Waals surface area contributed by atoms with Gasteiger partial charge in [-0.3, -0.25) is 4.79 Å². The number of aromatic nitrogens is 1. The van der Waals surface area contributed by atoms with Gasteiger partial charge >= 0.3 is 5.97 Å². The molecule has 0 saturated heterocycles. The number of hydrogen-bond donors (Lipinski definition) is 0. The SMILES string of the molecule is C=C(C(=C(C)C)c1ccsc1C)c1ccc2ccccc2n1.CCC(=O)OC. The molecule has 0 aliphatic carbocycles. The number of carbonyl (C=O) groups is 1. The van der Waals surface area contributed by atoms with Crippen molar-refractivity contribution in [3.63, 3.8) is 0 Å². The Labute approximate surface area is 171 Å². The minimum Gasteiger partial charge on any atom is -0.469 e. The van der Waals surface area contributed by atoms with Crippen LogP contribution >= 0.6 is 11.3 Å². The Balaban J connectivity index is 0.000000409. The Bertz CT molecular complexity index is 1000. The van der Waals surface area contributed by atoms with E-state index in [1.807, 2.05) is 18.2 Å². The molecule has 0 unspecified atom stereocenters. The Kier molecular flexibility index (Phi) is 7.70. The van der Waals surface area contributed by atoms with E-state index in [4.69, 9.17) is 4.98 Å². The van der Waals surface area contributed by atoms with E-state index in [1.54, 1.807) is 18.3 Å². The Morgan fingerprint density at radius 1 is 1.14 bits per heavy atom. The van der Waals surface area contributed by atoms with E-state index in [0.29, 0.717) is 6.42 Å². The second-order valence-electron chi connectivity index (χ2n) is 6.56. The Hall–Kier alpha value is -2.72. The van der Waals surface area contributed by atoms with Crippen LogP contribution < -0.4 is 0 Å². The summed E-state index contributed by atoms with van der Waals surface area (Å²) in [6, 6.07) is 14.5. The summed E-state index contributed by atoms with van der Waals surface area (Å²) in [6.45, 7) is 12.5. The molecule has 0 aliphatic rings. The van der Waals surface area contributed by atoms with Crippen LogP contribution in [-0.4, -0.2) is 18.1 Å². The second kappa shape index (κ2) is 10.00. The molecule has 0 fully saturated rings. The molecule has 28 heavy (non-hydrogen) atoms. The molecule has 0 spiro atoms. The first-order chi connectivity index (χ1) is 13.4. The molecule has 1 aromatic carbocycles. The summed E-state index contributed by atoms with van der Waals surface area (Å²) in [6.07, 6.45) is 0.469. The zero-order valence-corrected chi connectivity index (χ0v) is 18.0. The largest absolute Gasteiger partial charge is 0.469 e. The van der Waals surface area contributed by atoms with Crippen molar-refractivity contribution in [2.45, 2.75) is 34.1 Å². The number of aryl methyl sites for hydroxylation is 1. The van der Waals surface area contributed by atoms with Gasteiger partial charge in [0.1, 0.15) is 0 Å². The Morgan fingerprint density at radius 3 is 2.39 bits per heavy atom. The highest BCUT2D eigenvalue weighted by Gasteiger charge is 2.14. The van der Waals surface area contributed by atoms with Crippen LogP contribution in [0.15, 0.2) is 60.0 Å². The van der Waals surface area contributed by atoms with Crippen LogP contribution in [0.4, 0.5) is 0 Å². The summed E-state index contributed by atoms with van der Waals surface area (Å²) in [7, 11) is 1.38. The smallest absolute Gasteiger partial charge is 0.305 e. The summed E-state index contributed by atoms with van der Waals surface area (Å²) in [5.74, 6) is -0.157. The van der Waals surface area contributed by atoms with Crippen LogP contribution in [-0.2, 0) is 9.53 Å². The van der Waals surface area contributed by atoms with Crippen molar-refractivity contribution in [1.29, 1.82) is 0 Å². The van der Waals surface area contributed by atoms with E-state index in [9.17, 15) is 4.79 Å². The summed E-state index contributed by atoms with van der Waals surface area (Å²) < 4.78 is 4.26. The molecule has 2 heterocycles. The van der Waals surface area contributed by atoms with Crippen LogP contribution in [0, 0.1) is 6.92 Å². The van der Waals surface area contributed by atoms with Gasteiger partial charge in [0.25, 0.3) is 0 Å². The molecule has 146 valence electrons. The maximum atomic E-state index is 9.96. The predicted octanol–water partition coefficient (Wildman–Crippen LogP) is 6.68. The topological polar surface area (TPSA) is 39.2 Å². The second-order valence-corrected chi connectivity index (χ2v) is 7.68. The fourth-order valence-electron chi connectivity index (χ4n) is 2.88. The zero-order valence-electron chi connectivity index (χ0n) is 17.2. The van der Waals surface area contributed by atoms with Crippen molar-refractivity contribution >= 4 is 39.4 Å². The van der Waals surface area contributed by atoms with E-state index >= 15 is 0 Å². The molecule has 0 bridgehead atoms. The van der Waals surface area contributed by atoms with Gasteiger partial charge in [-0.1, -0.05) is 43.3 Å². The summed E-state index contributed by atoms with van der Waals surface area (Å²) in [5, 5.41) is 3.29. The van der Waals surface area contributed by atoms with Crippen LogP contribution in [0.2, 0.25) is 0 Å². The molecule has 0 aliphatic heterocycles. The van der Waals surface area contributed by atoms with E-state index in [2.05, 4.69) is 61.7 Å². The first kappa shape index (κ1) is 21.6. The van der Waals surface area contributed by atoms with Gasteiger partial charge in [0.2, 0.25) is 0 Å². The summed E-state index contributed by atoms with van der Waals surface area (Å²) >= 11 is 1.77. The highest BCUT2D eigenvalue weighted by atomic mass is 32.1. The van der Waals surface area contributed by atoms with Gasteiger partial charge in [0.05, 0.1) is 18.3 Å². The van der Waals surface area contributed by atoms with Crippen molar-refractivity contribution in [2.24, 2.45) is 0 Å². The molecule has 3 nitrogen and oxygen atoms in total. The lowest BCUT2D eigenvalue weighted by molar-refractivity contribution is -0.140. The normalized spacial score (nSPS) is 10.0. The molecule has 0 amide bonds. The number of pyridine rings is 1. The molecular formula is C24H27NO2S. The van der Waals surface area contributed by atoms with E-state index < -0.39 is 0 Å². The molecule has 0 atom stereocenters. The van der Waals surface area contributed by atoms with Crippen LogP contribution in [0.3, 0.4) is 0 Å². The number of nitrogens with zero attached hydrogens (tertiary/aromatic N) is 1. The summed E-state index contributed by atoms with van der Waals surface area (Å²) in [5.41, 5.74) is 6.69. The van der Waals surface area contributed by atoms with E-state index in [-0.39, 0.29) is 5.97 Å². The van der Waals surface area contributed by atoms with Crippen molar-refractivity contribution in [3.05, 3.63) is 76.1 Å². The van der Waals surface area contributed by atoms with Gasteiger partial charge in [-0.25, -0.2) is 4.98 Å². The first-order valence-electron chi connectivity index (χ1n) is 9.23. The van der Waals surface area contributed by atoms with Crippen LogP contribution in [0.5, 0.6) is 0 Å². The fraction of sp³-hybridized carbons (Fsp3) is 0.250. The molecule has 3 aromatic rings. The predicted molar refractivity (Wildman–Crippen MR) is 120 cm³/mol. The van der Waals surface area contributed by atoms with Gasteiger partial charge < -0.3 is 4.74 Å². The standard InChI is InChI=1S/C20H19NS.C4H8O2/c1-13(2)20(17-11-12-22-15(17)4)14(3)18-10-9-16-7-5-6-8-19(16)21-18;1-3-4(5)6-2/h5-12H,3H2,1-2,4H3;3H2,1-2H3. The van der Waals surface area contributed by atoms with Crippen molar-refractivity contribution in [2.75, 3.05) is 7.11 Å². The molecule has 4 heteroatoms. The Morgan fingerprint density at radius 2 is 1.86 bits per heavy atom. The molecular weight excluding hydrogens is 366 g/mol. The number of para-hydroxylation sites is 1. The van der Waals surface area contributed by atoms with Gasteiger partial charge in [-0.15, -0.1) is 11.3 Å². The number of carbonyl (C=O) groups excluding carboxylic acids is 1. The van der Waals surface area contributed by atoms with E-state index in [1.165, 1.54) is 28.7 Å². The highest BCUT2D eigenvalue weighted by molar-refractivity contribution is 7.10. The molecule has 2 aromatic heterocycles. The lowest BCUT2D eigenvalue weighted by Gasteiger charge is -2.14. The van der Waals surface area contributed by atoms with Crippen molar-refractivity contribution in [1.82, 2.24) is 4.98 Å². The summed E-state index contributed by atoms with van der Waals surface area (Å²) in [4.78, 5) is 16.1. The average molecular weight is 394 g/mol. The van der Waals surface area contributed by atoms with Crippen molar-refractivity contribution < 1.29 is 9.53 Å². The fourth-order valence-corrected chi connectivity index (χ4v) is 3.59. The first-order valence-corrected chi connectivity index (χ1v) is 10.1. The van der Waals surface area contributed by atoms with E-state index in [0.717, 1.165) is 22.2 Å². The third-order valence-corrected chi connectivity index (χ3v) is 5.20. The lowest BCUT2D eigenvalue weighted by atomic mass is 9.93. The maximum absolute atomic E-state index is 9.96. The van der Waals surface area contributed by atoms with Crippen LogP contribution in [0.1, 0.15) is 43.3 Å². The number of rotatable bonds is 4. The number of ether oxygens (including phenoxy) is 1. The highest BCUT2D eigenvalue weighted by Crippen LogP contribution is 2.35. The number of allylic oxidation sites excluding steroid dienone is 3. The lowest BCUT2D eigenvalue weighted by Crippen LogP contribution is -1.95. The van der Waals surface area contributed by atoms with Crippen LogP contribution in [0.25, 0.3) is 22.0 Å². The van der Waals surface area contributed by atoms with Crippen molar-refractivity contribution in [3.8, 4) is 0 Å². The van der Waals surface area contributed by atoms with Gasteiger partial charge in [-0.2, -0.15) is 0 Å². The third-order valence-electron chi connectivity index (χ3n) is 4.35. The number of thiophene rings is 1. The minimum absolute atomic E-state index is 0.157. The monoisotopic (exact) mass is 393 g/mol. The average Bonchev–Trinajstić information content (AvgIpc) is 3.12. The number of benzene rings is 1.